The second-order valence-corrected chi connectivity index (χ2v) is 6.45. The zero-order chi connectivity index (χ0) is 18.7. The first kappa shape index (κ1) is 17.9. The first-order chi connectivity index (χ1) is 12.5. The monoisotopic (exact) mass is 350 g/mol. The van der Waals surface area contributed by atoms with Crippen molar-refractivity contribution in [1.29, 1.82) is 0 Å². The first-order valence-electron chi connectivity index (χ1n) is 8.75. The standard InChI is InChI=1S/C21H22N2O3/c1-15(24)18-7-5-8-19(14-18)22(16(2)25)13-11-21(26)23-12-10-17-6-3-4-9-20(17)23/h3-9,14H,10-13H2,1-2H3. The van der Waals surface area contributed by atoms with Gasteiger partial charge in [-0.05, 0) is 37.1 Å². The molecule has 0 N–H and O–H groups in total. The van der Waals surface area contributed by atoms with E-state index in [4.69, 9.17) is 0 Å². The molecule has 5 heteroatoms. The fourth-order valence-corrected chi connectivity index (χ4v) is 3.30. The molecule has 2 aromatic carbocycles. The van der Waals surface area contributed by atoms with Gasteiger partial charge >= 0.3 is 0 Å². The summed E-state index contributed by atoms with van der Waals surface area (Å²) in [6.07, 6.45) is 1.09. The molecule has 0 saturated heterocycles. The van der Waals surface area contributed by atoms with Crippen LogP contribution < -0.4 is 9.80 Å². The third-order valence-corrected chi connectivity index (χ3v) is 4.68. The number of nitrogens with zero attached hydrogens (tertiary/aromatic N) is 2. The number of fused-ring (bicyclic) bond motifs is 1. The van der Waals surface area contributed by atoms with E-state index < -0.39 is 0 Å². The Morgan fingerprint density at radius 2 is 1.81 bits per heavy atom. The van der Waals surface area contributed by atoms with Gasteiger partial charge in [-0.2, -0.15) is 0 Å². The molecule has 26 heavy (non-hydrogen) atoms. The lowest BCUT2D eigenvalue weighted by molar-refractivity contribution is -0.118. The number of Topliss-reactive ketones (excluding diaryl/α,β-unsaturated/α-hetero) is 1. The summed E-state index contributed by atoms with van der Waals surface area (Å²) in [4.78, 5) is 39.7. The molecule has 0 bridgehead atoms. The SMILES string of the molecule is CC(=O)c1cccc(N(CCC(=O)N2CCc3ccccc32)C(C)=O)c1. The number of benzene rings is 2. The Balaban J connectivity index is 1.72. The maximum atomic E-state index is 12.7. The number of para-hydroxylation sites is 1. The summed E-state index contributed by atoms with van der Waals surface area (Å²) in [5, 5.41) is 0. The predicted molar refractivity (Wildman–Crippen MR) is 102 cm³/mol. The molecule has 0 aromatic heterocycles. The van der Waals surface area contributed by atoms with Gasteiger partial charge in [0.25, 0.3) is 0 Å². The Labute approximate surface area is 153 Å². The molecule has 2 aromatic rings. The molecule has 0 spiro atoms. The number of hydrogen-bond acceptors (Lipinski definition) is 3. The largest absolute Gasteiger partial charge is 0.312 e. The van der Waals surface area contributed by atoms with Gasteiger partial charge in [-0.15, -0.1) is 0 Å². The summed E-state index contributed by atoms with van der Waals surface area (Å²) in [6.45, 7) is 3.92. The number of rotatable bonds is 5. The minimum atomic E-state index is -0.152. The molecule has 134 valence electrons. The van der Waals surface area contributed by atoms with Gasteiger partial charge in [0, 0.05) is 43.4 Å². The van der Waals surface area contributed by atoms with Crippen molar-refractivity contribution in [3.63, 3.8) is 0 Å². The Bertz CT molecular complexity index is 860. The topological polar surface area (TPSA) is 57.7 Å². The summed E-state index contributed by atoms with van der Waals surface area (Å²) in [5.74, 6) is -0.204. The maximum Gasteiger partial charge on any atom is 0.228 e. The molecule has 0 aliphatic carbocycles. The minimum Gasteiger partial charge on any atom is -0.312 e. The fourth-order valence-electron chi connectivity index (χ4n) is 3.30. The Morgan fingerprint density at radius 1 is 1.04 bits per heavy atom. The van der Waals surface area contributed by atoms with E-state index in [0.29, 0.717) is 17.8 Å². The first-order valence-corrected chi connectivity index (χ1v) is 8.75. The van der Waals surface area contributed by atoms with Crippen LogP contribution in [0.4, 0.5) is 11.4 Å². The quantitative estimate of drug-likeness (QED) is 0.778. The predicted octanol–water partition coefficient (Wildman–Crippen LogP) is 3.22. The molecular weight excluding hydrogens is 328 g/mol. The average molecular weight is 350 g/mol. The molecule has 0 unspecified atom stereocenters. The number of hydrogen-bond donors (Lipinski definition) is 0. The third-order valence-electron chi connectivity index (χ3n) is 4.68. The van der Waals surface area contributed by atoms with Crippen molar-refractivity contribution >= 4 is 29.0 Å². The van der Waals surface area contributed by atoms with Crippen molar-refractivity contribution in [2.45, 2.75) is 26.7 Å². The van der Waals surface area contributed by atoms with Crippen molar-refractivity contribution in [2.24, 2.45) is 0 Å². The molecular formula is C21H22N2O3. The van der Waals surface area contributed by atoms with Crippen molar-refractivity contribution < 1.29 is 14.4 Å². The zero-order valence-corrected chi connectivity index (χ0v) is 15.1. The highest BCUT2D eigenvalue weighted by Gasteiger charge is 2.25. The van der Waals surface area contributed by atoms with Crippen molar-refractivity contribution in [3.8, 4) is 0 Å². The number of carbonyl (C=O) groups excluding carboxylic acids is 3. The van der Waals surface area contributed by atoms with Crippen molar-refractivity contribution in [3.05, 3.63) is 59.7 Å². The van der Waals surface area contributed by atoms with Gasteiger partial charge in [0.1, 0.15) is 0 Å². The average Bonchev–Trinajstić information content (AvgIpc) is 3.06. The summed E-state index contributed by atoms with van der Waals surface area (Å²) in [7, 11) is 0. The van der Waals surface area contributed by atoms with Crippen LogP contribution in [0, 0.1) is 0 Å². The molecule has 0 saturated carbocycles. The molecule has 1 heterocycles. The summed E-state index contributed by atoms with van der Waals surface area (Å²) < 4.78 is 0. The van der Waals surface area contributed by atoms with Gasteiger partial charge in [-0.1, -0.05) is 30.3 Å². The Hall–Kier alpha value is -2.95. The smallest absolute Gasteiger partial charge is 0.228 e. The van der Waals surface area contributed by atoms with Crippen molar-refractivity contribution in [1.82, 2.24) is 0 Å². The van der Waals surface area contributed by atoms with E-state index in [-0.39, 0.29) is 30.6 Å². The van der Waals surface area contributed by atoms with E-state index in [9.17, 15) is 14.4 Å². The Kier molecular flexibility index (Phi) is 5.16. The fraction of sp³-hybridized carbons (Fsp3) is 0.286. The molecule has 1 aliphatic heterocycles. The van der Waals surface area contributed by atoms with Crippen LogP contribution in [0.2, 0.25) is 0 Å². The van der Waals surface area contributed by atoms with Gasteiger partial charge in [0.2, 0.25) is 11.8 Å². The highest BCUT2D eigenvalue weighted by Crippen LogP contribution is 2.28. The van der Waals surface area contributed by atoms with Crippen molar-refractivity contribution in [2.75, 3.05) is 22.9 Å². The van der Waals surface area contributed by atoms with Crippen LogP contribution in [0.15, 0.2) is 48.5 Å². The summed E-state index contributed by atoms with van der Waals surface area (Å²) >= 11 is 0. The van der Waals surface area contributed by atoms with Gasteiger partial charge in [-0.3, -0.25) is 14.4 Å². The second kappa shape index (κ2) is 7.52. The molecule has 0 fully saturated rings. The van der Waals surface area contributed by atoms with E-state index in [0.717, 1.165) is 12.1 Å². The molecule has 1 aliphatic rings. The lowest BCUT2D eigenvalue weighted by atomic mass is 10.1. The lowest BCUT2D eigenvalue weighted by Gasteiger charge is -2.23. The highest BCUT2D eigenvalue weighted by molar-refractivity contribution is 5.99. The minimum absolute atomic E-state index is 0.00363. The molecule has 0 radical (unpaired) electrons. The third kappa shape index (κ3) is 3.67. The second-order valence-electron chi connectivity index (χ2n) is 6.45. The van der Waals surface area contributed by atoms with Gasteiger partial charge in [0.05, 0.1) is 0 Å². The molecule has 5 nitrogen and oxygen atoms in total. The number of carbonyl (C=O) groups is 3. The van der Waals surface area contributed by atoms with Crippen LogP contribution >= 0.6 is 0 Å². The highest BCUT2D eigenvalue weighted by atomic mass is 16.2. The van der Waals surface area contributed by atoms with Gasteiger partial charge < -0.3 is 9.80 Å². The van der Waals surface area contributed by atoms with Crippen LogP contribution in [0.3, 0.4) is 0 Å². The Morgan fingerprint density at radius 3 is 2.54 bits per heavy atom. The zero-order valence-electron chi connectivity index (χ0n) is 15.1. The normalized spacial score (nSPS) is 12.6. The lowest BCUT2D eigenvalue weighted by Crippen LogP contribution is -2.35. The van der Waals surface area contributed by atoms with Crippen LogP contribution in [0.5, 0.6) is 0 Å². The van der Waals surface area contributed by atoms with Crippen LogP contribution in [-0.4, -0.2) is 30.7 Å². The summed E-state index contributed by atoms with van der Waals surface area (Å²) in [6, 6.07) is 14.8. The number of amides is 2. The molecule has 3 rings (SSSR count). The number of anilines is 2. The van der Waals surface area contributed by atoms with Crippen LogP contribution in [-0.2, 0) is 16.0 Å². The van der Waals surface area contributed by atoms with E-state index in [1.54, 1.807) is 34.1 Å². The molecule has 2 amide bonds. The van der Waals surface area contributed by atoms with E-state index in [2.05, 4.69) is 0 Å². The van der Waals surface area contributed by atoms with Gasteiger partial charge in [-0.25, -0.2) is 0 Å². The van der Waals surface area contributed by atoms with Crippen LogP contribution in [0.25, 0.3) is 0 Å². The van der Waals surface area contributed by atoms with E-state index in [1.165, 1.54) is 19.4 Å². The van der Waals surface area contributed by atoms with E-state index >= 15 is 0 Å². The number of ketones is 1. The molecule has 0 atom stereocenters. The maximum absolute atomic E-state index is 12.7. The van der Waals surface area contributed by atoms with Gasteiger partial charge in [0.15, 0.2) is 5.78 Å². The van der Waals surface area contributed by atoms with Crippen LogP contribution in [0.1, 0.15) is 36.2 Å². The van der Waals surface area contributed by atoms with E-state index in [1.807, 2.05) is 24.3 Å². The summed E-state index contributed by atoms with van der Waals surface area (Å²) in [5.41, 5.74) is 3.33.